The monoisotopic (exact) mass is 354 g/mol. The summed E-state index contributed by atoms with van der Waals surface area (Å²) in [7, 11) is 0. The van der Waals surface area contributed by atoms with Gasteiger partial charge in [-0.2, -0.15) is 13.2 Å². The maximum Gasteiger partial charge on any atom is 0.416 e. The van der Waals surface area contributed by atoms with Crippen LogP contribution in [-0.2, 0) is 10.9 Å². The van der Waals surface area contributed by atoms with E-state index in [1.54, 1.807) is 0 Å². The molecule has 0 amide bonds. The van der Waals surface area contributed by atoms with Crippen molar-refractivity contribution in [2.75, 3.05) is 24.7 Å². The minimum absolute atomic E-state index is 0.268. The highest BCUT2D eigenvalue weighted by atomic mass is 19.4. The number of alkyl halides is 3. The third-order valence-electron chi connectivity index (χ3n) is 3.86. The first-order valence-electron chi connectivity index (χ1n) is 7.34. The van der Waals surface area contributed by atoms with Gasteiger partial charge in [-0.05, 0) is 27.6 Å². The van der Waals surface area contributed by atoms with Gasteiger partial charge in [0, 0.05) is 6.54 Å². The Morgan fingerprint density at radius 3 is 2.48 bits per heavy atom. The molecule has 1 saturated heterocycles. The summed E-state index contributed by atoms with van der Waals surface area (Å²) in [6.07, 6.45) is -2.07. The molecule has 2 aromatic rings. The summed E-state index contributed by atoms with van der Waals surface area (Å²) in [5, 5.41) is 10.7. The van der Waals surface area contributed by atoms with E-state index < -0.39 is 16.7 Å². The Labute approximate surface area is 140 Å². The fourth-order valence-electron chi connectivity index (χ4n) is 2.61. The molecule has 1 aromatic heterocycles. The lowest BCUT2D eigenvalue weighted by Crippen LogP contribution is -2.40. The van der Waals surface area contributed by atoms with Crippen LogP contribution >= 0.6 is 0 Å². The Morgan fingerprint density at radius 2 is 1.92 bits per heavy atom. The summed E-state index contributed by atoms with van der Waals surface area (Å²) in [5.74, 6) is 0.0295. The van der Waals surface area contributed by atoms with Gasteiger partial charge < -0.3 is 19.8 Å². The van der Waals surface area contributed by atoms with E-state index in [1.165, 1.54) is 18.3 Å². The second kappa shape index (κ2) is 6.63. The van der Waals surface area contributed by atoms with Gasteiger partial charge in [0.05, 0.1) is 24.8 Å². The van der Waals surface area contributed by atoms with Crippen LogP contribution in [0.25, 0.3) is 0 Å². The molecule has 25 heavy (non-hydrogen) atoms. The third kappa shape index (κ3) is 3.68. The molecular formula is C15H13F3N4O3. The number of halogens is 3. The highest BCUT2D eigenvalue weighted by molar-refractivity contribution is 5.43. The molecule has 1 aromatic carbocycles. The van der Waals surface area contributed by atoms with E-state index >= 15 is 0 Å². The maximum atomic E-state index is 12.7. The van der Waals surface area contributed by atoms with E-state index in [1.807, 2.05) is 4.90 Å². The zero-order chi connectivity index (χ0) is 18.0. The van der Waals surface area contributed by atoms with Crippen molar-refractivity contribution in [1.82, 2.24) is 9.97 Å². The van der Waals surface area contributed by atoms with E-state index in [0.717, 1.165) is 18.3 Å². The SMILES string of the molecule is O=[N+]([O-])c1cnc(N2CCOC[C@@H]2c2ccc(C(F)(F)F)cc2)cn1. The molecule has 3 rings (SSSR count). The van der Waals surface area contributed by atoms with Crippen molar-refractivity contribution < 1.29 is 22.8 Å². The second-order valence-corrected chi connectivity index (χ2v) is 5.39. The van der Waals surface area contributed by atoms with Crippen molar-refractivity contribution >= 4 is 11.6 Å². The first kappa shape index (κ1) is 17.1. The number of anilines is 1. The van der Waals surface area contributed by atoms with Crippen LogP contribution in [0.5, 0.6) is 0 Å². The molecule has 0 aliphatic carbocycles. The molecular weight excluding hydrogens is 341 g/mol. The Hall–Kier alpha value is -2.75. The summed E-state index contributed by atoms with van der Waals surface area (Å²) in [5.41, 5.74) is -0.0949. The number of ether oxygens (including phenoxy) is 1. The average Bonchev–Trinajstić information content (AvgIpc) is 2.61. The van der Waals surface area contributed by atoms with Crippen molar-refractivity contribution in [2.24, 2.45) is 0 Å². The van der Waals surface area contributed by atoms with Crippen LogP contribution in [0.15, 0.2) is 36.7 Å². The Morgan fingerprint density at radius 1 is 1.20 bits per heavy atom. The summed E-state index contributed by atoms with van der Waals surface area (Å²) >= 11 is 0. The largest absolute Gasteiger partial charge is 0.416 e. The molecule has 132 valence electrons. The molecule has 1 aliphatic rings. The van der Waals surface area contributed by atoms with Gasteiger partial charge in [-0.15, -0.1) is 0 Å². The maximum absolute atomic E-state index is 12.7. The van der Waals surface area contributed by atoms with E-state index in [-0.39, 0.29) is 18.5 Å². The first-order chi connectivity index (χ1) is 11.9. The Bertz CT molecular complexity index is 750. The predicted molar refractivity (Wildman–Crippen MR) is 81.0 cm³/mol. The molecule has 0 spiro atoms. The summed E-state index contributed by atoms with van der Waals surface area (Å²) in [6.45, 7) is 1.12. The number of hydrogen-bond acceptors (Lipinski definition) is 6. The quantitative estimate of drug-likeness (QED) is 0.623. The number of morpholine rings is 1. The number of nitrogens with zero attached hydrogens (tertiary/aromatic N) is 4. The fraction of sp³-hybridized carbons (Fsp3) is 0.333. The number of aromatic nitrogens is 2. The minimum atomic E-state index is -4.40. The van der Waals surface area contributed by atoms with Crippen molar-refractivity contribution in [2.45, 2.75) is 12.2 Å². The summed E-state index contributed by atoms with van der Waals surface area (Å²) in [4.78, 5) is 19.6. The van der Waals surface area contributed by atoms with E-state index in [0.29, 0.717) is 24.5 Å². The number of benzene rings is 1. The molecule has 0 saturated carbocycles. The van der Waals surface area contributed by atoms with Gasteiger partial charge in [0.1, 0.15) is 6.20 Å². The highest BCUT2D eigenvalue weighted by Gasteiger charge is 2.32. The van der Waals surface area contributed by atoms with Crippen molar-refractivity contribution in [3.63, 3.8) is 0 Å². The van der Waals surface area contributed by atoms with Crippen molar-refractivity contribution in [1.29, 1.82) is 0 Å². The van der Waals surface area contributed by atoms with Gasteiger partial charge in [-0.25, -0.2) is 4.98 Å². The molecule has 1 fully saturated rings. The van der Waals surface area contributed by atoms with Crippen LogP contribution < -0.4 is 4.90 Å². The van der Waals surface area contributed by atoms with Crippen LogP contribution in [0.2, 0.25) is 0 Å². The molecule has 7 nitrogen and oxygen atoms in total. The summed E-state index contributed by atoms with van der Waals surface area (Å²) < 4.78 is 43.5. The van der Waals surface area contributed by atoms with Crippen molar-refractivity contribution in [3.8, 4) is 0 Å². The normalized spacial score (nSPS) is 18.2. The van der Waals surface area contributed by atoms with E-state index in [4.69, 9.17) is 4.74 Å². The molecule has 10 heteroatoms. The first-order valence-corrected chi connectivity index (χ1v) is 7.34. The molecule has 0 unspecified atom stereocenters. The lowest BCUT2D eigenvalue weighted by atomic mass is 10.0. The van der Waals surface area contributed by atoms with E-state index in [2.05, 4.69) is 9.97 Å². The molecule has 2 heterocycles. The number of hydrogen-bond donors (Lipinski definition) is 0. The smallest absolute Gasteiger partial charge is 0.377 e. The Balaban J connectivity index is 1.87. The minimum Gasteiger partial charge on any atom is -0.377 e. The van der Waals surface area contributed by atoms with Crippen molar-refractivity contribution in [3.05, 3.63) is 57.9 Å². The molecule has 0 N–H and O–H groups in total. The standard InChI is InChI=1S/C15H13F3N4O3/c16-15(17,18)11-3-1-10(2-4-11)12-9-25-6-5-21(12)13-7-20-14(8-19-13)22(23)24/h1-4,7-8,12H,5-6,9H2/t12-/m1/s1. The van der Waals surface area contributed by atoms with Gasteiger partial charge in [-0.3, -0.25) is 0 Å². The topological polar surface area (TPSA) is 81.4 Å². The van der Waals surface area contributed by atoms with Gasteiger partial charge in [0.25, 0.3) is 0 Å². The average molecular weight is 354 g/mol. The predicted octanol–water partition coefficient (Wildman–Crippen LogP) is 2.98. The van der Waals surface area contributed by atoms with Crippen LogP contribution in [0, 0.1) is 10.1 Å². The van der Waals surface area contributed by atoms with Gasteiger partial charge in [-0.1, -0.05) is 12.1 Å². The van der Waals surface area contributed by atoms with Crippen LogP contribution in [0.1, 0.15) is 17.2 Å². The fourth-order valence-corrected chi connectivity index (χ4v) is 2.61. The van der Waals surface area contributed by atoms with Gasteiger partial charge in [0.2, 0.25) is 0 Å². The molecule has 1 aliphatic heterocycles. The van der Waals surface area contributed by atoms with Crippen LogP contribution in [-0.4, -0.2) is 34.6 Å². The highest BCUT2D eigenvalue weighted by Crippen LogP contribution is 2.32. The Kier molecular flexibility index (Phi) is 4.53. The number of rotatable bonds is 3. The molecule has 0 radical (unpaired) electrons. The molecule has 0 bridgehead atoms. The zero-order valence-corrected chi connectivity index (χ0v) is 12.8. The summed E-state index contributed by atoms with van der Waals surface area (Å²) in [6, 6.07) is 4.47. The second-order valence-electron chi connectivity index (χ2n) is 5.39. The van der Waals surface area contributed by atoms with Crippen LogP contribution in [0.3, 0.4) is 0 Å². The lowest BCUT2D eigenvalue weighted by molar-refractivity contribution is -0.389. The molecule has 1 atom stereocenters. The van der Waals surface area contributed by atoms with Crippen LogP contribution in [0.4, 0.5) is 24.8 Å². The van der Waals surface area contributed by atoms with Gasteiger partial charge >= 0.3 is 12.0 Å². The third-order valence-corrected chi connectivity index (χ3v) is 3.86. The zero-order valence-electron chi connectivity index (χ0n) is 12.8. The van der Waals surface area contributed by atoms with Gasteiger partial charge in [0.15, 0.2) is 12.0 Å². The number of nitro groups is 1. The van der Waals surface area contributed by atoms with E-state index in [9.17, 15) is 23.3 Å². The lowest BCUT2D eigenvalue weighted by Gasteiger charge is -2.36.